The smallest absolute Gasteiger partial charge is 0.230 e. The van der Waals surface area contributed by atoms with Gasteiger partial charge in [-0.2, -0.15) is 0 Å². The van der Waals surface area contributed by atoms with Crippen LogP contribution in [0.15, 0.2) is 42.6 Å². The number of amides is 1. The van der Waals surface area contributed by atoms with E-state index in [1.807, 2.05) is 12.3 Å². The molecule has 1 aromatic carbocycles. The first kappa shape index (κ1) is 18.0. The van der Waals surface area contributed by atoms with Crippen molar-refractivity contribution in [1.29, 1.82) is 0 Å². The van der Waals surface area contributed by atoms with Gasteiger partial charge < -0.3 is 10.2 Å². The summed E-state index contributed by atoms with van der Waals surface area (Å²) in [6.45, 7) is 2.60. The van der Waals surface area contributed by atoms with E-state index in [0.29, 0.717) is 6.54 Å². The SMILES string of the molecule is O=C(NCc1ccnc(N2CCCCC2)c1)C1(c2ccc(F)cc2)CCC1. The van der Waals surface area contributed by atoms with Crippen molar-refractivity contribution < 1.29 is 9.18 Å². The molecule has 1 aliphatic heterocycles. The molecular weight excluding hydrogens is 341 g/mol. The number of rotatable bonds is 5. The van der Waals surface area contributed by atoms with Crippen LogP contribution in [0.1, 0.15) is 49.7 Å². The minimum atomic E-state index is -0.504. The van der Waals surface area contributed by atoms with E-state index in [4.69, 9.17) is 0 Å². The van der Waals surface area contributed by atoms with Gasteiger partial charge in [0.15, 0.2) is 0 Å². The summed E-state index contributed by atoms with van der Waals surface area (Å²) >= 11 is 0. The fourth-order valence-corrected chi connectivity index (χ4v) is 4.16. The van der Waals surface area contributed by atoms with E-state index in [9.17, 15) is 9.18 Å². The number of halogens is 1. The van der Waals surface area contributed by atoms with Crippen molar-refractivity contribution >= 4 is 11.7 Å². The number of anilines is 1. The quantitative estimate of drug-likeness (QED) is 0.870. The maximum atomic E-state index is 13.2. The van der Waals surface area contributed by atoms with Crippen LogP contribution in [0.5, 0.6) is 0 Å². The van der Waals surface area contributed by atoms with E-state index in [-0.39, 0.29) is 11.7 Å². The predicted octanol–water partition coefficient (Wildman–Crippen LogP) is 3.95. The van der Waals surface area contributed by atoms with Gasteiger partial charge in [0, 0.05) is 25.8 Å². The molecule has 0 unspecified atom stereocenters. The number of nitrogens with zero attached hydrogens (tertiary/aromatic N) is 2. The molecule has 2 fully saturated rings. The number of carbonyl (C=O) groups is 1. The Balaban J connectivity index is 1.43. The number of piperidine rings is 1. The lowest BCUT2D eigenvalue weighted by Crippen LogP contribution is -2.49. The lowest BCUT2D eigenvalue weighted by atomic mass is 9.64. The van der Waals surface area contributed by atoms with Gasteiger partial charge >= 0.3 is 0 Å². The molecule has 5 heteroatoms. The minimum absolute atomic E-state index is 0.0386. The largest absolute Gasteiger partial charge is 0.357 e. The van der Waals surface area contributed by atoms with Gasteiger partial charge in [-0.25, -0.2) is 9.37 Å². The van der Waals surface area contributed by atoms with Crippen molar-refractivity contribution in [2.45, 2.75) is 50.5 Å². The van der Waals surface area contributed by atoms with Gasteiger partial charge in [0.05, 0.1) is 5.41 Å². The molecule has 1 aliphatic carbocycles. The Morgan fingerprint density at radius 1 is 1.07 bits per heavy atom. The zero-order chi connectivity index (χ0) is 18.7. The van der Waals surface area contributed by atoms with Gasteiger partial charge in [-0.3, -0.25) is 4.79 Å². The Labute approximate surface area is 159 Å². The Morgan fingerprint density at radius 3 is 2.48 bits per heavy atom. The highest BCUT2D eigenvalue weighted by molar-refractivity contribution is 5.89. The Hall–Kier alpha value is -2.43. The van der Waals surface area contributed by atoms with Crippen LogP contribution in [-0.2, 0) is 16.8 Å². The molecule has 142 valence electrons. The van der Waals surface area contributed by atoms with Gasteiger partial charge in [0.25, 0.3) is 0 Å². The molecule has 1 amide bonds. The van der Waals surface area contributed by atoms with Gasteiger partial charge in [-0.1, -0.05) is 18.6 Å². The molecule has 1 N–H and O–H groups in total. The molecule has 2 heterocycles. The van der Waals surface area contributed by atoms with Crippen molar-refractivity contribution in [3.05, 3.63) is 59.5 Å². The van der Waals surface area contributed by atoms with Crippen LogP contribution < -0.4 is 10.2 Å². The van der Waals surface area contributed by atoms with Crippen LogP contribution >= 0.6 is 0 Å². The molecular formula is C22H26FN3O. The van der Waals surface area contributed by atoms with Gasteiger partial charge in [-0.05, 0) is 67.5 Å². The van der Waals surface area contributed by atoms with Gasteiger partial charge in [0.2, 0.25) is 5.91 Å². The molecule has 27 heavy (non-hydrogen) atoms. The van der Waals surface area contributed by atoms with Crippen molar-refractivity contribution in [3.8, 4) is 0 Å². The van der Waals surface area contributed by atoms with Crippen LogP contribution in [0.25, 0.3) is 0 Å². The number of benzene rings is 1. The molecule has 1 aromatic heterocycles. The summed E-state index contributed by atoms with van der Waals surface area (Å²) < 4.78 is 13.2. The summed E-state index contributed by atoms with van der Waals surface area (Å²) in [6, 6.07) is 10.4. The summed E-state index contributed by atoms with van der Waals surface area (Å²) in [5.41, 5.74) is 1.47. The van der Waals surface area contributed by atoms with Crippen molar-refractivity contribution in [3.63, 3.8) is 0 Å². The molecule has 1 saturated heterocycles. The van der Waals surface area contributed by atoms with Crippen LogP contribution in [0, 0.1) is 5.82 Å². The second kappa shape index (κ2) is 7.67. The standard InChI is InChI=1S/C22H26FN3O/c23-19-7-5-18(6-8-19)22(10-4-11-22)21(27)25-16-17-9-12-24-20(15-17)26-13-2-1-3-14-26/h5-9,12,15H,1-4,10-11,13-14,16H2,(H,25,27). The fraction of sp³-hybridized carbons (Fsp3) is 0.455. The minimum Gasteiger partial charge on any atom is -0.357 e. The van der Waals surface area contributed by atoms with E-state index in [2.05, 4.69) is 21.3 Å². The van der Waals surface area contributed by atoms with Crippen molar-refractivity contribution in [2.24, 2.45) is 0 Å². The fourth-order valence-electron chi connectivity index (χ4n) is 4.16. The average Bonchev–Trinajstić information content (AvgIpc) is 2.68. The monoisotopic (exact) mass is 367 g/mol. The molecule has 0 spiro atoms. The number of aromatic nitrogens is 1. The zero-order valence-electron chi connectivity index (χ0n) is 15.6. The number of hydrogen-bond donors (Lipinski definition) is 1. The van der Waals surface area contributed by atoms with E-state index >= 15 is 0 Å². The summed E-state index contributed by atoms with van der Waals surface area (Å²) in [5, 5.41) is 3.11. The molecule has 0 radical (unpaired) electrons. The van der Waals surface area contributed by atoms with E-state index in [0.717, 1.165) is 49.3 Å². The summed E-state index contributed by atoms with van der Waals surface area (Å²) in [5.74, 6) is 0.769. The lowest BCUT2D eigenvalue weighted by Gasteiger charge is -2.40. The third-order valence-corrected chi connectivity index (χ3v) is 5.98. The molecule has 4 nitrogen and oxygen atoms in total. The Bertz CT molecular complexity index is 795. The van der Waals surface area contributed by atoms with Gasteiger partial charge in [0.1, 0.15) is 11.6 Å². The van der Waals surface area contributed by atoms with Crippen LogP contribution in [-0.4, -0.2) is 24.0 Å². The summed E-state index contributed by atoms with van der Waals surface area (Å²) in [6.07, 6.45) is 8.20. The second-order valence-corrected chi connectivity index (χ2v) is 7.70. The highest BCUT2D eigenvalue weighted by Crippen LogP contribution is 2.44. The maximum Gasteiger partial charge on any atom is 0.230 e. The number of nitrogens with one attached hydrogen (secondary N) is 1. The lowest BCUT2D eigenvalue weighted by molar-refractivity contribution is -0.130. The Kier molecular flexibility index (Phi) is 5.10. The van der Waals surface area contributed by atoms with Crippen molar-refractivity contribution in [1.82, 2.24) is 10.3 Å². The van der Waals surface area contributed by atoms with Crippen LogP contribution in [0.3, 0.4) is 0 Å². The molecule has 0 atom stereocenters. The number of hydrogen-bond acceptors (Lipinski definition) is 3. The second-order valence-electron chi connectivity index (χ2n) is 7.70. The van der Waals surface area contributed by atoms with E-state index in [1.165, 1.54) is 31.4 Å². The molecule has 1 saturated carbocycles. The zero-order valence-corrected chi connectivity index (χ0v) is 15.6. The summed E-state index contributed by atoms with van der Waals surface area (Å²) in [4.78, 5) is 19.8. The topological polar surface area (TPSA) is 45.2 Å². The van der Waals surface area contributed by atoms with E-state index < -0.39 is 5.41 Å². The van der Waals surface area contributed by atoms with Crippen LogP contribution in [0.2, 0.25) is 0 Å². The first-order valence-electron chi connectivity index (χ1n) is 9.92. The van der Waals surface area contributed by atoms with E-state index in [1.54, 1.807) is 12.1 Å². The number of pyridine rings is 1. The third kappa shape index (κ3) is 3.68. The molecule has 2 aromatic rings. The number of carbonyl (C=O) groups excluding carboxylic acids is 1. The van der Waals surface area contributed by atoms with Crippen molar-refractivity contribution in [2.75, 3.05) is 18.0 Å². The predicted molar refractivity (Wildman–Crippen MR) is 104 cm³/mol. The first-order chi connectivity index (χ1) is 13.2. The normalized spacial score (nSPS) is 18.6. The van der Waals surface area contributed by atoms with Crippen LogP contribution in [0.4, 0.5) is 10.2 Å². The maximum absolute atomic E-state index is 13.2. The van der Waals surface area contributed by atoms with Gasteiger partial charge in [-0.15, -0.1) is 0 Å². The molecule has 0 bridgehead atoms. The first-order valence-corrected chi connectivity index (χ1v) is 9.92. The highest BCUT2D eigenvalue weighted by Gasteiger charge is 2.45. The Morgan fingerprint density at radius 2 is 1.81 bits per heavy atom. The third-order valence-electron chi connectivity index (χ3n) is 5.98. The average molecular weight is 367 g/mol. The molecule has 4 rings (SSSR count). The molecule has 2 aliphatic rings. The highest BCUT2D eigenvalue weighted by atomic mass is 19.1. The summed E-state index contributed by atoms with van der Waals surface area (Å²) in [7, 11) is 0.